The number of primary amides is 1. The molecule has 1 amide bonds. The number of amides is 1. The Balaban J connectivity index is 2.29. The quantitative estimate of drug-likeness (QED) is 0.329. The van der Waals surface area contributed by atoms with Crippen molar-refractivity contribution in [2.24, 2.45) is 5.73 Å². The summed E-state index contributed by atoms with van der Waals surface area (Å²) in [6, 6.07) is 13.4. The van der Waals surface area contributed by atoms with Crippen LogP contribution in [0.15, 0.2) is 59.3 Å². The molecule has 1 heterocycles. The number of benzene rings is 2. The van der Waals surface area contributed by atoms with Gasteiger partial charge in [0.2, 0.25) is 0 Å². The number of aliphatic hydroxyl groups excluding tert-OH is 1. The first-order chi connectivity index (χ1) is 13.3. The smallest absolute Gasteiger partial charge is 0.289 e. The van der Waals surface area contributed by atoms with Gasteiger partial charge in [-0.1, -0.05) is 36.9 Å². The highest BCUT2D eigenvalue weighted by molar-refractivity contribution is 9.10. The van der Waals surface area contributed by atoms with Gasteiger partial charge in [-0.25, -0.2) is 0 Å². The third-order valence-electron chi connectivity index (χ3n) is 4.41. The molecule has 0 bridgehead atoms. The molecule has 3 aromatic rings. The van der Waals surface area contributed by atoms with E-state index in [1.165, 1.54) is 0 Å². The maximum Gasteiger partial charge on any atom is 0.289 e. The Labute approximate surface area is 170 Å². The van der Waals surface area contributed by atoms with Crippen LogP contribution in [0.4, 0.5) is 0 Å². The van der Waals surface area contributed by atoms with Crippen LogP contribution >= 0.6 is 15.9 Å². The van der Waals surface area contributed by atoms with Crippen LogP contribution < -0.4 is 10.5 Å². The fourth-order valence-electron chi connectivity index (χ4n) is 3.18. The zero-order chi connectivity index (χ0) is 20.4. The van der Waals surface area contributed by atoms with Gasteiger partial charge in [-0.2, -0.15) is 0 Å². The summed E-state index contributed by atoms with van der Waals surface area (Å²) in [5.41, 5.74) is 7.85. The van der Waals surface area contributed by atoms with Gasteiger partial charge < -0.3 is 20.1 Å². The summed E-state index contributed by atoms with van der Waals surface area (Å²) in [7, 11) is 0. The summed E-state index contributed by atoms with van der Waals surface area (Å²) in [4.78, 5) is 24.3. The summed E-state index contributed by atoms with van der Waals surface area (Å²) in [5.74, 6) is -1.65. The molecule has 6 nitrogen and oxygen atoms in total. The van der Waals surface area contributed by atoms with Crippen molar-refractivity contribution in [3.8, 4) is 5.75 Å². The third-order valence-corrected chi connectivity index (χ3v) is 5.04. The normalized spacial score (nSPS) is 10.8. The second-order valence-electron chi connectivity index (χ2n) is 6.35. The predicted molar refractivity (Wildman–Crippen MR) is 111 cm³/mol. The Kier molecular flexibility index (Phi) is 5.56. The van der Waals surface area contributed by atoms with Gasteiger partial charge >= 0.3 is 0 Å². The number of carbonyl (C=O) groups is 2. The van der Waals surface area contributed by atoms with E-state index in [1.54, 1.807) is 13.0 Å². The lowest BCUT2D eigenvalue weighted by molar-refractivity contribution is -0.114. The fourth-order valence-corrected chi connectivity index (χ4v) is 3.62. The molecule has 0 radical (unpaired) electrons. The van der Waals surface area contributed by atoms with Crippen molar-refractivity contribution in [1.82, 2.24) is 4.57 Å². The Hall–Kier alpha value is -3.06. The van der Waals surface area contributed by atoms with Gasteiger partial charge in [-0.15, -0.1) is 0 Å². The number of rotatable bonds is 7. The number of nitrogens with two attached hydrogens (primary N) is 1. The van der Waals surface area contributed by atoms with E-state index >= 15 is 0 Å². The van der Waals surface area contributed by atoms with Gasteiger partial charge in [0.1, 0.15) is 18.1 Å². The Morgan fingerprint density at radius 3 is 2.50 bits per heavy atom. The fraction of sp³-hybridized carbons (Fsp3) is 0.143. The average molecular weight is 443 g/mol. The largest absolute Gasteiger partial charge is 0.509 e. The first-order valence-electron chi connectivity index (χ1n) is 8.50. The van der Waals surface area contributed by atoms with Gasteiger partial charge in [0.05, 0.1) is 20.9 Å². The molecule has 0 aliphatic carbocycles. The molecule has 0 atom stereocenters. The number of ketones is 1. The van der Waals surface area contributed by atoms with Crippen molar-refractivity contribution in [2.45, 2.75) is 13.5 Å². The lowest BCUT2D eigenvalue weighted by Crippen LogP contribution is -2.24. The Morgan fingerprint density at radius 2 is 1.89 bits per heavy atom. The van der Waals surface area contributed by atoms with E-state index in [4.69, 9.17) is 10.5 Å². The summed E-state index contributed by atoms with van der Waals surface area (Å²) in [6.07, 6.45) is 0. The van der Waals surface area contributed by atoms with Gasteiger partial charge in [0.15, 0.2) is 0 Å². The monoisotopic (exact) mass is 442 g/mol. The number of halogens is 1. The molecule has 2 aromatic carbocycles. The summed E-state index contributed by atoms with van der Waals surface area (Å²) in [5, 5.41) is 9.88. The van der Waals surface area contributed by atoms with Gasteiger partial charge in [-0.3, -0.25) is 9.59 Å². The van der Waals surface area contributed by atoms with Crippen molar-refractivity contribution >= 4 is 38.5 Å². The van der Waals surface area contributed by atoms with E-state index in [-0.39, 0.29) is 17.9 Å². The Morgan fingerprint density at radius 1 is 1.21 bits per heavy atom. The highest BCUT2D eigenvalue weighted by atomic mass is 79.9. The third kappa shape index (κ3) is 3.66. The minimum atomic E-state index is -1.04. The molecular formula is C21H19BrN2O4. The molecular weight excluding hydrogens is 424 g/mol. The summed E-state index contributed by atoms with van der Waals surface area (Å²) >= 11 is 3.42. The molecule has 7 heteroatoms. The van der Waals surface area contributed by atoms with Crippen LogP contribution in [-0.2, 0) is 11.3 Å². The van der Waals surface area contributed by atoms with E-state index in [2.05, 4.69) is 22.5 Å². The van der Waals surface area contributed by atoms with Crippen molar-refractivity contribution in [3.05, 3.63) is 76.1 Å². The molecule has 28 heavy (non-hydrogen) atoms. The highest BCUT2D eigenvalue weighted by Gasteiger charge is 2.27. The van der Waals surface area contributed by atoms with Gasteiger partial charge in [0.25, 0.3) is 11.7 Å². The number of nitrogens with zero attached hydrogens (tertiary/aromatic N) is 1. The molecule has 0 unspecified atom stereocenters. The van der Waals surface area contributed by atoms with Gasteiger partial charge in [-0.05, 0) is 40.5 Å². The second-order valence-corrected chi connectivity index (χ2v) is 7.21. The number of fused-ring (bicyclic) bond motifs is 1. The maximum absolute atomic E-state index is 12.6. The van der Waals surface area contributed by atoms with Crippen LogP contribution in [0.3, 0.4) is 0 Å². The van der Waals surface area contributed by atoms with Crippen LogP contribution in [0.1, 0.15) is 21.6 Å². The number of Topliss-reactive ketones (excluding diaryl/α,β-unsaturated/α-hetero) is 1. The van der Waals surface area contributed by atoms with Gasteiger partial charge in [0, 0.05) is 12.2 Å². The molecule has 1 aromatic heterocycles. The van der Waals surface area contributed by atoms with Crippen molar-refractivity contribution in [3.63, 3.8) is 0 Å². The van der Waals surface area contributed by atoms with Crippen LogP contribution in [0.5, 0.6) is 5.75 Å². The lowest BCUT2D eigenvalue weighted by Gasteiger charge is -2.11. The minimum absolute atomic E-state index is 0.148. The molecule has 0 spiro atoms. The average Bonchev–Trinajstić information content (AvgIpc) is 2.93. The lowest BCUT2D eigenvalue weighted by atomic mass is 10.1. The molecule has 0 saturated carbocycles. The molecule has 0 aliphatic heterocycles. The molecule has 3 N–H and O–H groups in total. The van der Waals surface area contributed by atoms with Crippen LogP contribution in [0.2, 0.25) is 0 Å². The molecule has 3 rings (SSSR count). The van der Waals surface area contributed by atoms with Crippen LogP contribution in [-0.4, -0.2) is 28.0 Å². The van der Waals surface area contributed by atoms with E-state index in [0.717, 1.165) is 5.56 Å². The number of aromatic nitrogens is 1. The van der Waals surface area contributed by atoms with Crippen molar-refractivity contribution in [2.75, 3.05) is 6.61 Å². The van der Waals surface area contributed by atoms with Crippen molar-refractivity contribution < 1.29 is 19.4 Å². The highest BCUT2D eigenvalue weighted by Crippen LogP contribution is 2.39. The number of hydrogen-bond donors (Lipinski definition) is 2. The number of aliphatic hydroxyl groups is 1. The first-order valence-corrected chi connectivity index (χ1v) is 9.29. The zero-order valence-corrected chi connectivity index (χ0v) is 16.8. The van der Waals surface area contributed by atoms with E-state index in [1.807, 2.05) is 41.0 Å². The SMILES string of the molecule is C=C(O)COc1c(Br)ccc2c1c(C(=O)C(N)=O)c(C)n2Cc1ccccc1. The van der Waals surface area contributed by atoms with E-state index in [9.17, 15) is 14.7 Å². The standard InChI is InChI=1S/C21H19BrN2O4/c1-12(25)11-28-20-15(22)8-9-16-18(20)17(19(26)21(23)27)13(2)24(16)10-14-6-4-3-5-7-14/h3-9,25H,1,10-11H2,2H3,(H2,23,27). The van der Waals surface area contributed by atoms with E-state index < -0.39 is 11.7 Å². The van der Waals surface area contributed by atoms with Crippen LogP contribution in [0, 0.1) is 6.92 Å². The number of ether oxygens (including phenoxy) is 1. The first kappa shape index (κ1) is 19.7. The second kappa shape index (κ2) is 7.90. The molecule has 144 valence electrons. The molecule has 0 aliphatic rings. The van der Waals surface area contributed by atoms with Crippen LogP contribution in [0.25, 0.3) is 10.9 Å². The molecule has 0 saturated heterocycles. The number of carbonyl (C=O) groups excluding carboxylic acids is 2. The maximum atomic E-state index is 12.6. The predicted octanol–water partition coefficient (Wildman–Crippen LogP) is 3.88. The van der Waals surface area contributed by atoms with Crippen molar-refractivity contribution in [1.29, 1.82) is 0 Å². The molecule has 0 fully saturated rings. The Bertz CT molecular complexity index is 1090. The topological polar surface area (TPSA) is 94.6 Å². The van der Waals surface area contributed by atoms with E-state index in [0.29, 0.717) is 33.4 Å². The number of hydrogen-bond acceptors (Lipinski definition) is 4. The minimum Gasteiger partial charge on any atom is -0.509 e. The summed E-state index contributed by atoms with van der Waals surface area (Å²) < 4.78 is 8.21. The zero-order valence-electron chi connectivity index (χ0n) is 15.2. The summed E-state index contributed by atoms with van der Waals surface area (Å²) in [6.45, 7) is 5.53.